The summed E-state index contributed by atoms with van der Waals surface area (Å²) in [6.45, 7) is 10.3. The van der Waals surface area contributed by atoms with Crippen molar-refractivity contribution in [3.05, 3.63) is 58.6 Å². The third-order valence-electron chi connectivity index (χ3n) is 6.32. The highest BCUT2D eigenvalue weighted by molar-refractivity contribution is 8.13. The molecule has 0 amide bonds. The van der Waals surface area contributed by atoms with Gasteiger partial charge in [0.2, 0.25) is 5.96 Å². The molecule has 0 aromatic heterocycles. The van der Waals surface area contributed by atoms with Gasteiger partial charge in [-0.25, -0.2) is 23.2 Å². The van der Waals surface area contributed by atoms with Crippen molar-refractivity contribution in [3.63, 3.8) is 0 Å². The van der Waals surface area contributed by atoms with Gasteiger partial charge in [-0.2, -0.15) is 18.6 Å². The van der Waals surface area contributed by atoms with Crippen LogP contribution in [-0.4, -0.2) is 95.1 Å². The van der Waals surface area contributed by atoms with Crippen molar-refractivity contribution in [3.8, 4) is 0 Å². The lowest BCUT2D eigenvalue weighted by Crippen LogP contribution is -2.41. The first kappa shape index (κ1) is 43.3. The lowest BCUT2D eigenvalue weighted by molar-refractivity contribution is 0.399. The normalized spacial score (nSPS) is 17.5. The number of aliphatic hydroxyl groups excluding tert-OH is 1. The van der Waals surface area contributed by atoms with Gasteiger partial charge in [-0.05, 0) is 56.8 Å². The molecule has 2 aliphatic rings. The Bertz CT molecular complexity index is 1620. The standard InChI is InChI=1S/C14H19ClN4O2S.C13H16ClN3O2S2.C2H7N.CH4O/c1-3-11-9-17-19(10-11)14(16-4-2)18-22(20,21)13-8-6-5-7-12(13)15;1-3-10-8-15-17(9-10)13(20-2)16-21(18,19)12-7-5-4-6-11(12)14;1-2-3;1-2/h5-9,11H,3-4,10H2,1-2H3,(H,16,18);4-8,10H,3,9H2,1-2H3;2-3H2,1H3;2H,1H3. The minimum absolute atomic E-state index is 0.00781. The first-order valence-electron chi connectivity index (χ1n) is 15.1. The number of benzene rings is 2. The van der Waals surface area contributed by atoms with Crippen molar-refractivity contribution in [1.29, 1.82) is 0 Å². The third kappa shape index (κ3) is 13.3. The molecule has 2 atom stereocenters. The zero-order chi connectivity index (χ0) is 36.3. The number of thioether (sulfide) groups is 1. The number of aliphatic hydroxyl groups is 1. The van der Waals surface area contributed by atoms with E-state index < -0.39 is 20.0 Å². The van der Waals surface area contributed by atoms with Crippen LogP contribution in [0.3, 0.4) is 0 Å². The maximum Gasteiger partial charge on any atom is 0.286 e. The first-order valence-corrected chi connectivity index (χ1v) is 20.0. The second kappa shape index (κ2) is 22.1. The molecular formula is C30H46Cl2N8O5S3. The Labute approximate surface area is 299 Å². The molecule has 2 unspecified atom stereocenters. The molecule has 18 heteroatoms. The highest BCUT2D eigenvalue weighted by atomic mass is 35.5. The molecule has 2 aromatic rings. The van der Waals surface area contributed by atoms with Crippen LogP contribution in [0.25, 0.3) is 0 Å². The van der Waals surface area contributed by atoms with E-state index in [1.54, 1.807) is 40.5 Å². The number of hydrogen-bond acceptors (Lipinski definition) is 10. The fourth-order valence-electron chi connectivity index (χ4n) is 3.87. The summed E-state index contributed by atoms with van der Waals surface area (Å²) in [6.07, 6.45) is 7.31. The van der Waals surface area contributed by atoms with E-state index in [0.717, 1.165) is 26.5 Å². The summed E-state index contributed by atoms with van der Waals surface area (Å²) in [4.78, 5) is 4.24. The number of rotatable bonds is 7. The molecule has 48 heavy (non-hydrogen) atoms. The quantitative estimate of drug-likeness (QED) is 0.259. The van der Waals surface area contributed by atoms with Crippen molar-refractivity contribution in [2.45, 2.75) is 50.3 Å². The minimum Gasteiger partial charge on any atom is -0.400 e. The maximum absolute atomic E-state index is 12.5. The molecule has 4 rings (SSSR count). The topological polar surface area (TPSA) is 182 Å². The summed E-state index contributed by atoms with van der Waals surface area (Å²) >= 11 is 13.2. The average Bonchev–Trinajstić information content (AvgIpc) is 3.76. The van der Waals surface area contributed by atoms with Gasteiger partial charge in [-0.3, -0.25) is 4.99 Å². The van der Waals surface area contributed by atoms with Gasteiger partial charge in [0.1, 0.15) is 9.79 Å². The minimum atomic E-state index is -3.84. The van der Waals surface area contributed by atoms with Crippen molar-refractivity contribution in [2.75, 3.05) is 39.5 Å². The van der Waals surface area contributed by atoms with Crippen molar-refractivity contribution < 1.29 is 21.9 Å². The first-order chi connectivity index (χ1) is 22.9. The van der Waals surface area contributed by atoms with Gasteiger partial charge in [0.15, 0.2) is 5.17 Å². The second-order valence-electron chi connectivity index (χ2n) is 9.76. The lowest BCUT2D eigenvalue weighted by Gasteiger charge is -2.19. The maximum atomic E-state index is 12.5. The van der Waals surface area contributed by atoms with E-state index in [4.69, 9.17) is 34.0 Å². The van der Waals surface area contributed by atoms with Crippen LogP contribution in [0.1, 0.15) is 40.5 Å². The summed E-state index contributed by atoms with van der Waals surface area (Å²) in [7, 11) is -6.65. The summed E-state index contributed by atoms with van der Waals surface area (Å²) in [5, 5.41) is 19.3. The summed E-state index contributed by atoms with van der Waals surface area (Å²) in [6, 6.07) is 12.6. The van der Waals surface area contributed by atoms with E-state index in [1.807, 2.05) is 26.3 Å². The molecule has 13 nitrogen and oxygen atoms in total. The number of nitrogens with one attached hydrogen (secondary N) is 1. The second-order valence-corrected chi connectivity index (χ2v) is 14.6. The molecule has 2 aromatic carbocycles. The van der Waals surface area contributed by atoms with Gasteiger partial charge >= 0.3 is 0 Å². The van der Waals surface area contributed by atoms with Gasteiger partial charge in [-0.15, -0.1) is 4.40 Å². The smallest absolute Gasteiger partial charge is 0.286 e. The van der Waals surface area contributed by atoms with Crippen molar-refractivity contribution in [1.82, 2.24) is 14.7 Å². The molecule has 0 bridgehead atoms. The average molecular weight is 766 g/mol. The Hall–Kier alpha value is -2.73. The highest BCUT2D eigenvalue weighted by Gasteiger charge is 2.26. The van der Waals surface area contributed by atoms with Crippen LogP contribution < -0.4 is 10.5 Å². The molecule has 2 heterocycles. The Morgan fingerprint density at radius 1 is 0.896 bits per heavy atom. The number of amidine groups is 1. The van der Waals surface area contributed by atoms with Crippen LogP contribution in [0.4, 0.5) is 0 Å². The molecular weight excluding hydrogens is 719 g/mol. The lowest BCUT2D eigenvalue weighted by atomic mass is 10.1. The summed E-state index contributed by atoms with van der Waals surface area (Å²) < 4.78 is 56.1. The largest absolute Gasteiger partial charge is 0.400 e. The zero-order valence-electron chi connectivity index (χ0n) is 28.0. The van der Waals surface area contributed by atoms with Crippen LogP contribution in [0, 0.1) is 11.8 Å². The number of aliphatic imine (C=N–C) groups is 1. The van der Waals surface area contributed by atoms with E-state index in [0.29, 0.717) is 36.6 Å². The van der Waals surface area contributed by atoms with Gasteiger partial charge in [-0.1, -0.05) is 80.0 Å². The van der Waals surface area contributed by atoms with Crippen LogP contribution in [0.15, 0.2) is 77.9 Å². The van der Waals surface area contributed by atoms with Gasteiger partial charge in [0, 0.05) is 37.9 Å². The van der Waals surface area contributed by atoms with E-state index in [1.165, 1.54) is 36.0 Å². The van der Waals surface area contributed by atoms with Crippen molar-refractivity contribution >= 4 is 78.6 Å². The Morgan fingerprint density at radius 3 is 1.79 bits per heavy atom. The van der Waals surface area contributed by atoms with Crippen LogP contribution >= 0.6 is 35.0 Å². The van der Waals surface area contributed by atoms with Gasteiger partial charge in [0.25, 0.3) is 20.0 Å². The Kier molecular flexibility index (Phi) is 19.9. The molecule has 4 N–H and O–H groups in total. The predicted molar refractivity (Wildman–Crippen MR) is 200 cm³/mol. The van der Waals surface area contributed by atoms with Crippen LogP contribution in [-0.2, 0) is 20.0 Å². The van der Waals surface area contributed by atoms with Gasteiger partial charge in [0.05, 0.1) is 23.1 Å². The Balaban J connectivity index is 0.000000424. The molecule has 0 saturated heterocycles. The van der Waals surface area contributed by atoms with Crippen molar-refractivity contribution in [2.24, 2.45) is 37.2 Å². The number of sulfonamides is 2. The fourth-order valence-corrected chi connectivity index (χ4v) is 7.73. The SMILES string of the molecule is CCC1C=NN(C(=NS(=O)(=O)c2ccccc2Cl)SC)C1.CCN.CCN=C(NS(=O)(=O)c1ccccc1Cl)N1CC(CC)C=N1.CO. The van der Waals surface area contributed by atoms with Crippen LogP contribution in [0.5, 0.6) is 0 Å². The highest BCUT2D eigenvalue weighted by Crippen LogP contribution is 2.25. The molecule has 2 aliphatic heterocycles. The fraction of sp³-hybridized carbons (Fsp3) is 0.467. The monoisotopic (exact) mass is 764 g/mol. The molecule has 0 aliphatic carbocycles. The number of halogens is 2. The molecule has 0 spiro atoms. The molecule has 0 saturated carbocycles. The number of hydrazone groups is 2. The number of hydrogen-bond donors (Lipinski definition) is 3. The Morgan fingerprint density at radius 2 is 1.35 bits per heavy atom. The third-order valence-corrected chi connectivity index (χ3v) is 10.7. The molecule has 0 radical (unpaired) electrons. The molecule has 0 fully saturated rings. The number of nitrogens with two attached hydrogens (primary N) is 1. The molecule has 268 valence electrons. The summed E-state index contributed by atoms with van der Waals surface area (Å²) in [5.41, 5.74) is 4.85. The van der Waals surface area contributed by atoms with Crippen LogP contribution in [0.2, 0.25) is 10.0 Å². The van der Waals surface area contributed by atoms with E-state index in [-0.39, 0.29) is 25.8 Å². The van der Waals surface area contributed by atoms with E-state index >= 15 is 0 Å². The number of guanidine groups is 1. The zero-order valence-corrected chi connectivity index (χ0v) is 32.0. The number of nitrogens with zero attached hydrogens (tertiary/aromatic N) is 6. The van der Waals surface area contributed by atoms with E-state index in [2.05, 4.69) is 38.2 Å². The predicted octanol–water partition coefficient (Wildman–Crippen LogP) is 4.97. The van der Waals surface area contributed by atoms with E-state index in [9.17, 15) is 16.8 Å². The summed E-state index contributed by atoms with van der Waals surface area (Å²) in [5.74, 6) is 0.840. The van der Waals surface area contributed by atoms with Gasteiger partial charge < -0.3 is 10.8 Å².